The van der Waals surface area contributed by atoms with Crippen molar-refractivity contribution < 1.29 is 4.42 Å². The van der Waals surface area contributed by atoms with Gasteiger partial charge < -0.3 is 4.42 Å². The van der Waals surface area contributed by atoms with Gasteiger partial charge in [0.2, 0.25) is 5.89 Å². The van der Waals surface area contributed by atoms with Crippen LogP contribution in [0.2, 0.25) is 5.02 Å². The van der Waals surface area contributed by atoms with Gasteiger partial charge in [0, 0.05) is 16.0 Å². The van der Waals surface area contributed by atoms with Crippen LogP contribution in [0.1, 0.15) is 0 Å². The molecule has 0 unspecified atom stereocenters. The maximum absolute atomic E-state index is 5.87. The summed E-state index contributed by atoms with van der Waals surface area (Å²) in [5.41, 5.74) is 0.826. The fourth-order valence-electron chi connectivity index (χ4n) is 1.89. The molecule has 0 amide bonds. The normalized spacial score (nSPS) is 11.1. The molecule has 22 heavy (non-hydrogen) atoms. The molecule has 0 saturated heterocycles. The topological polar surface area (TPSA) is 64.7 Å². The van der Waals surface area contributed by atoms with E-state index in [1.807, 2.05) is 23.6 Å². The first-order valence-corrected chi connectivity index (χ1v) is 8.32. The van der Waals surface area contributed by atoms with Gasteiger partial charge in [-0.05, 0) is 47.5 Å². The molecular weight excluding hydrogens is 340 g/mol. The zero-order chi connectivity index (χ0) is 14.9. The Morgan fingerprint density at radius 3 is 2.77 bits per heavy atom. The number of hydrogen-bond acceptors (Lipinski definition) is 7. The van der Waals surface area contributed by atoms with Crippen molar-refractivity contribution in [2.24, 2.45) is 0 Å². The van der Waals surface area contributed by atoms with Gasteiger partial charge in [-0.3, -0.25) is 0 Å². The number of thiophene rings is 1. The van der Waals surface area contributed by atoms with Crippen molar-refractivity contribution in [3.05, 3.63) is 47.1 Å². The van der Waals surface area contributed by atoms with Gasteiger partial charge in [-0.2, -0.15) is 0 Å². The number of benzene rings is 1. The minimum Gasteiger partial charge on any atom is -0.411 e. The van der Waals surface area contributed by atoms with Crippen LogP contribution in [-0.4, -0.2) is 20.2 Å². The Labute approximate surface area is 138 Å². The summed E-state index contributed by atoms with van der Waals surface area (Å²) in [6.45, 7) is 0. The van der Waals surface area contributed by atoms with E-state index < -0.39 is 0 Å². The number of aromatic nitrogens is 4. The van der Waals surface area contributed by atoms with Crippen molar-refractivity contribution in [3.8, 4) is 11.5 Å². The van der Waals surface area contributed by atoms with Crippen molar-refractivity contribution in [1.82, 2.24) is 20.2 Å². The molecule has 8 heteroatoms. The lowest BCUT2D eigenvalue weighted by Crippen LogP contribution is -1.83. The van der Waals surface area contributed by atoms with Crippen LogP contribution >= 0.6 is 34.7 Å². The largest absolute Gasteiger partial charge is 0.411 e. The van der Waals surface area contributed by atoms with Crippen LogP contribution in [0.5, 0.6) is 0 Å². The second-order valence-electron chi connectivity index (χ2n) is 4.30. The molecule has 0 aliphatic heterocycles. The van der Waals surface area contributed by atoms with Gasteiger partial charge in [0.25, 0.3) is 5.22 Å². The third-order valence-corrected chi connectivity index (χ3v) is 4.84. The third-order valence-electron chi connectivity index (χ3n) is 2.91. The lowest BCUT2D eigenvalue weighted by atomic mass is 10.2. The highest BCUT2D eigenvalue weighted by Crippen LogP contribution is 2.33. The Morgan fingerprint density at radius 1 is 1.05 bits per heavy atom. The maximum atomic E-state index is 5.87. The van der Waals surface area contributed by atoms with Gasteiger partial charge in [0.1, 0.15) is 16.2 Å². The molecule has 0 fully saturated rings. The van der Waals surface area contributed by atoms with Gasteiger partial charge in [0.05, 0.1) is 0 Å². The van der Waals surface area contributed by atoms with Crippen molar-refractivity contribution in [1.29, 1.82) is 0 Å². The molecule has 4 rings (SSSR count). The summed E-state index contributed by atoms with van der Waals surface area (Å²) in [5.74, 6) is 0.454. The molecule has 3 heterocycles. The lowest BCUT2D eigenvalue weighted by molar-refractivity contribution is 0.465. The van der Waals surface area contributed by atoms with E-state index in [9.17, 15) is 0 Å². The molecule has 0 aliphatic rings. The number of fused-ring (bicyclic) bond motifs is 1. The highest BCUT2D eigenvalue weighted by atomic mass is 35.5. The molecule has 4 aromatic rings. The molecule has 1 aromatic carbocycles. The molecular formula is C14H7ClN4OS2. The molecule has 0 N–H and O–H groups in total. The molecule has 0 saturated carbocycles. The zero-order valence-electron chi connectivity index (χ0n) is 10.9. The zero-order valence-corrected chi connectivity index (χ0v) is 13.3. The van der Waals surface area contributed by atoms with E-state index in [1.54, 1.807) is 23.5 Å². The number of hydrogen-bond donors (Lipinski definition) is 0. The summed E-state index contributed by atoms with van der Waals surface area (Å²) in [7, 11) is 0. The van der Waals surface area contributed by atoms with Crippen molar-refractivity contribution in [2.45, 2.75) is 10.2 Å². The third kappa shape index (κ3) is 2.58. The quantitative estimate of drug-likeness (QED) is 0.507. The van der Waals surface area contributed by atoms with Gasteiger partial charge in [0.15, 0.2) is 0 Å². The number of nitrogens with zero attached hydrogens (tertiary/aromatic N) is 4. The molecule has 0 bridgehead atoms. The Balaban J connectivity index is 1.64. The van der Waals surface area contributed by atoms with Gasteiger partial charge in [-0.25, -0.2) is 9.97 Å². The predicted octanol–water partition coefficient (Wildman–Crippen LogP) is 4.55. The van der Waals surface area contributed by atoms with E-state index in [2.05, 4.69) is 20.2 Å². The molecule has 0 atom stereocenters. The number of rotatable bonds is 3. The summed E-state index contributed by atoms with van der Waals surface area (Å²) in [4.78, 5) is 9.44. The van der Waals surface area contributed by atoms with Crippen LogP contribution < -0.4 is 0 Å². The van der Waals surface area contributed by atoms with Crippen molar-refractivity contribution in [2.75, 3.05) is 0 Å². The van der Waals surface area contributed by atoms with Crippen LogP contribution in [0.4, 0.5) is 0 Å². The summed E-state index contributed by atoms with van der Waals surface area (Å²) in [6, 6.07) is 9.23. The summed E-state index contributed by atoms with van der Waals surface area (Å²) in [5, 5.41) is 13.0. The standard InChI is InChI=1S/C14H7ClN4OS2/c15-9-3-1-8(2-4-9)11-18-19-14(20-11)22-13-10-5-6-21-12(10)16-7-17-13/h1-7H. The molecule has 5 nitrogen and oxygen atoms in total. The van der Waals surface area contributed by atoms with Crippen LogP contribution in [0.25, 0.3) is 21.7 Å². The Morgan fingerprint density at radius 2 is 1.91 bits per heavy atom. The first-order valence-electron chi connectivity index (χ1n) is 6.25. The van der Waals surface area contributed by atoms with Crippen LogP contribution in [0.3, 0.4) is 0 Å². The van der Waals surface area contributed by atoms with E-state index >= 15 is 0 Å². The van der Waals surface area contributed by atoms with Gasteiger partial charge in [-0.15, -0.1) is 21.5 Å². The predicted molar refractivity (Wildman–Crippen MR) is 86.3 cm³/mol. The summed E-state index contributed by atoms with van der Waals surface area (Å²) in [6.07, 6.45) is 1.54. The molecule has 108 valence electrons. The van der Waals surface area contributed by atoms with E-state index in [1.165, 1.54) is 18.1 Å². The highest BCUT2D eigenvalue weighted by Gasteiger charge is 2.13. The second kappa shape index (κ2) is 5.68. The van der Waals surface area contributed by atoms with Crippen LogP contribution in [-0.2, 0) is 0 Å². The number of halogens is 1. The van der Waals surface area contributed by atoms with E-state index in [0.717, 1.165) is 20.8 Å². The smallest absolute Gasteiger partial charge is 0.283 e. The lowest BCUT2D eigenvalue weighted by Gasteiger charge is -1.97. The van der Waals surface area contributed by atoms with Crippen LogP contribution in [0, 0.1) is 0 Å². The molecule has 0 aliphatic carbocycles. The maximum Gasteiger partial charge on any atom is 0.283 e. The molecule has 3 aromatic heterocycles. The van der Waals surface area contributed by atoms with Crippen molar-refractivity contribution in [3.63, 3.8) is 0 Å². The van der Waals surface area contributed by atoms with E-state index in [4.69, 9.17) is 16.0 Å². The molecule has 0 spiro atoms. The average molecular weight is 347 g/mol. The van der Waals surface area contributed by atoms with E-state index in [0.29, 0.717) is 16.1 Å². The Hall–Kier alpha value is -1.96. The minimum atomic E-state index is 0.441. The van der Waals surface area contributed by atoms with E-state index in [-0.39, 0.29) is 0 Å². The van der Waals surface area contributed by atoms with Crippen LogP contribution in [0.15, 0.2) is 56.7 Å². The highest BCUT2D eigenvalue weighted by molar-refractivity contribution is 7.99. The van der Waals surface area contributed by atoms with Gasteiger partial charge in [-0.1, -0.05) is 11.6 Å². The molecule has 0 radical (unpaired) electrons. The minimum absolute atomic E-state index is 0.441. The Kier molecular flexibility index (Phi) is 3.53. The average Bonchev–Trinajstić information content (AvgIpc) is 3.17. The summed E-state index contributed by atoms with van der Waals surface area (Å²) >= 11 is 8.77. The fraction of sp³-hybridized carbons (Fsp3) is 0. The first-order chi connectivity index (χ1) is 10.8. The monoisotopic (exact) mass is 346 g/mol. The Bertz CT molecular complexity index is 935. The fourth-order valence-corrected chi connectivity index (χ4v) is 3.56. The second-order valence-corrected chi connectivity index (χ2v) is 6.57. The SMILES string of the molecule is Clc1ccc(-c2nnc(Sc3ncnc4sccc34)o2)cc1. The first kappa shape index (κ1) is 13.7. The summed E-state index contributed by atoms with van der Waals surface area (Å²) < 4.78 is 5.68. The van der Waals surface area contributed by atoms with Crippen molar-refractivity contribution >= 4 is 44.9 Å². The van der Waals surface area contributed by atoms with Gasteiger partial charge >= 0.3 is 0 Å².